The van der Waals surface area contributed by atoms with Gasteiger partial charge in [-0.1, -0.05) is 12.1 Å². The van der Waals surface area contributed by atoms with E-state index in [9.17, 15) is 12.8 Å². The molecule has 1 aromatic carbocycles. The monoisotopic (exact) mass is 471 g/mol. The van der Waals surface area contributed by atoms with Crippen LogP contribution in [0.1, 0.15) is 31.9 Å². The molecule has 0 unspecified atom stereocenters. The number of guanidine groups is 1. The number of benzene rings is 1. The van der Waals surface area contributed by atoms with Gasteiger partial charge in [0.25, 0.3) is 0 Å². The first-order valence-corrected chi connectivity index (χ1v) is 9.14. The number of sulfone groups is 1. The summed E-state index contributed by atoms with van der Waals surface area (Å²) >= 11 is 0. The molecule has 0 saturated carbocycles. The van der Waals surface area contributed by atoms with Crippen LogP contribution in [0.3, 0.4) is 0 Å². The number of aryl methyl sites for hydroxylation is 1. The van der Waals surface area contributed by atoms with Crippen molar-refractivity contribution in [3.05, 3.63) is 35.1 Å². The van der Waals surface area contributed by atoms with E-state index in [4.69, 9.17) is 0 Å². The maximum absolute atomic E-state index is 13.5. The van der Waals surface area contributed by atoms with Crippen LogP contribution in [0.25, 0.3) is 0 Å². The Bertz CT molecular complexity index is 670. The second kappa shape index (κ2) is 9.55. The summed E-state index contributed by atoms with van der Waals surface area (Å²) in [6.07, 6.45) is 0. The first kappa shape index (κ1) is 23.1. The molecule has 0 saturated heterocycles. The molecule has 0 aromatic heterocycles. The molecule has 0 bridgehead atoms. The summed E-state index contributed by atoms with van der Waals surface area (Å²) in [5, 5.41) is 5.99. The molecular weight excluding hydrogens is 444 g/mol. The van der Waals surface area contributed by atoms with E-state index in [0.717, 1.165) is 5.56 Å². The van der Waals surface area contributed by atoms with Crippen LogP contribution in [0.4, 0.5) is 4.39 Å². The molecule has 1 aromatic rings. The van der Waals surface area contributed by atoms with Crippen LogP contribution in [-0.2, 0) is 16.4 Å². The van der Waals surface area contributed by atoms with E-state index in [2.05, 4.69) is 15.6 Å². The van der Waals surface area contributed by atoms with Gasteiger partial charge in [-0.3, -0.25) is 4.99 Å². The van der Waals surface area contributed by atoms with E-state index in [-0.39, 0.29) is 42.1 Å². The van der Waals surface area contributed by atoms with E-state index in [0.29, 0.717) is 18.1 Å². The van der Waals surface area contributed by atoms with Crippen LogP contribution >= 0.6 is 24.0 Å². The number of nitrogens with one attached hydrogen (secondary N) is 2. The first-order valence-electron chi connectivity index (χ1n) is 7.48. The number of hydrogen-bond donors (Lipinski definition) is 2. The van der Waals surface area contributed by atoms with Gasteiger partial charge in [-0.25, -0.2) is 12.8 Å². The summed E-state index contributed by atoms with van der Waals surface area (Å²) < 4.78 is 36.8. The Balaban J connectivity index is 0.00000529. The number of rotatable bonds is 5. The van der Waals surface area contributed by atoms with Crippen LogP contribution < -0.4 is 10.6 Å². The second-order valence-electron chi connectivity index (χ2n) is 6.37. The van der Waals surface area contributed by atoms with Gasteiger partial charge in [0, 0.05) is 20.1 Å². The molecule has 24 heavy (non-hydrogen) atoms. The van der Waals surface area contributed by atoms with Gasteiger partial charge in [-0.05, 0) is 44.9 Å². The fourth-order valence-corrected chi connectivity index (χ4v) is 2.75. The molecular formula is C16H27FIN3O2S. The smallest absolute Gasteiger partial charge is 0.191 e. The largest absolute Gasteiger partial charge is 0.355 e. The molecule has 0 aliphatic carbocycles. The van der Waals surface area contributed by atoms with E-state index in [1.165, 1.54) is 6.07 Å². The Morgan fingerprint density at radius 2 is 1.88 bits per heavy atom. The number of aliphatic imine (C=N–C) groups is 1. The minimum absolute atomic E-state index is 0. The predicted octanol–water partition coefficient (Wildman–Crippen LogP) is 2.63. The quantitative estimate of drug-likeness (QED) is 0.394. The highest BCUT2D eigenvalue weighted by Crippen LogP contribution is 2.15. The second-order valence-corrected chi connectivity index (χ2v) is 9.23. The Morgan fingerprint density at radius 1 is 1.25 bits per heavy atom. The predicted molar refractivity (Wildman–Crippen MR) is 108 cm³/mol. The van der Waals surface area contributed by atoms with Gasteiger partial charge in [0.2, 0.25) is 0 Å². The number of hydrogen-bond acceptors (Lipinski definition) is 3. The normalized spacial score (nSPS) is 12.5. The zero-order valence-electron chi connectivity index (χ0n) is 14.8. The van der Waals surface area contributed by atoms with Crippen molar-refractivity contribution in [1.82, 2.24) is 10.6 Å². The van der Waals surface area contributed by atoms with Crippen molar-refractivity contribution in [2.45, 2.75) is 39.0 Å². The van der Waals surface area contributed by atoms with Crippen LogP contribution in [0, 0.1) is 12.7 Å². The fraction of sp³-hybridized carbons (Fsp3) is 0.562. The van der Waals surface area contributed by atoms with Crippen LogP contribution in [0.15, 0.2) is 23.2 Å². The van der Waals surface area contributed by atoms with E-state index in [1.807, 2.05) is 6.07 Å². The van der Waals surface area contributed by atoms with Crippen molar-refractivity contribution >= 4 is 39.8 Å². The van der Waals surface area contributed by atoms with Gasteiger partial charge in [0.05, 0.1) is 10.5 Å². The highest BCUT2D eigenvalue weighted by molar-refractivity contribution is 14.0. The molecule has 0 amide bonds. The topological polar surface area (TPSA) is 70.6 Å². The lowest BCUT2D eigenvalue weighted by molar-refractivity contribution is 0.559. The molecule has 0 spiro atoms. The van der Waals surface area contributed by atoms with Crippen molar-refractivity contribution in [3.63, 3.8) is 0 Å². The Labute approximate surface area is 161 Å². The molecule has 0 radical (unpaired) electrons. The molecule has 138 valence electrons. The number of nitrogens with zero attached hydrogens (tertiary/aromatic N) is 1. The van der Waals surface area contributed by atoms with Crippen molar-refractivity contribution < 1.29 is 12.8 Å². The van der Waals surface area contributed by atoms with Crippen LogP contribution in [0.5, 0.6) is 0 Å². The average Bonchev–Trinajstić information content (AvgIpc) is 2.44. The van der Waals surface area contributed by atoms with Gasteiger partial charge in [0.15, 0.2) is 15.8 Å². The minimum atomic E-state index is -3.17. The van der Waals surface area contributed by atoms with Crippen molar-refractivity contribution in [2.24, 2.45) is 4.99 Å². The third-order valence-corrected chi connectivity index (χ3v) is 6.12. The Hall–Kier alpha value is -0.900. The third-order valence-electron chi connectivity index (χ3n) is 3.52. The zero-order valence-corrected chi connectivity index (χ0v) is 18.0. The lowest BCUT2D eigenvalue weighted by Crippen LogP contribution is -2.41. The SMILES string of the molecule is CN=C(NCCS(=O)(=O)C(C)(C)C)NCc1ccc(C)c(F)c1.I. The molecule has 2 N–H and O–H groups in total. The van der Waals surface area contributed by atoms with Gasteiger partial charge >= 0.3 is 0 Å². The zero-order chi connectivity index (χ0) is 17.7. The van der Waals surface area contributed by atoms with Crippen molar-refractivity contribution in [1.29, 1.82) is 0 Å². The molecule has 5 nitrogen and oxygen atoms in total. The molecule has 0 atom stereocenters. The Morgan fingerprint density at radius 3 is 2.38 bits per heavy atom. The molecule has 1 rings (SSSR count). The van der Waals surface area contributed by atoms with E-state index >= 15 is 0 Å². The van der Waals surface area contributed by atoms with E-state index in [1.54, 1.807) is 40.8 Å². The average molecular weight is 471 g/mol. The molecule has 0 aliphatic heterocycles. The van der Waals surface area contributed by atoms with E-state index < -0.39 is 14.6 Å². The summed E-state index contributed by atoms with van der Waals surface area (Å²) in [5.74, 6) is 0.259. The maximum Gasteiger partial charge on any atom is 0.191 e. The Kier molecular flexibility index (Phi) is 9.19. The van der Waals surface area contributed by atoms with Gasteiger partial charge in [-0.15, -0.1) is 24.0 Å². The van der Waals surface area contributed by atoms with Crippen LogP contribution in [0.2, 0.25) is 0 Å². The summed E-state index contributed by atoms with van der Waals surface area (Å²) in [6.45, 7) is 7.43. The van der Waals surface area contributed by atoms with Gasteiger partial charge in [-0.2, -0.15) is 0 Å². The minimum Gasteiger partial charge on any atom is -0.355 e. The number of halogens is 2. The van der Waals surface area contributed by atoms with Gasteiger partial charge < -0.3 is 10.6 Å². The lowest BCUT2D eigenvalue weighted by Gasteiger charge is -2.19. The van der Waals surface area contributed by atoms with Crippen molar-refractivity contribution in [3.8, 4) is 0 Å². The summed E-state index contributed by atoms with van der Waals surface area (Å²) in [4.78, 5) is 4.03. The highest BCUT2D eigenvalue weighted by Gasteiger charge is 2.28. The summed E-state index contributed by atoms with van der Waals surface area (Å²) in [7, 11) is -1.57. The molecule has 0 fully saturated rings. The highest BCUT2D eigenvalue weighted by atomic mass is 127. The molecule has 8 heteroatoms. The fourth-order valence-electron chi connectivity index (χ4n) is 1.76. The molecule has 0 aliphatic rings. The van der Waals surface area contributed by atoms with Crippen molar-refractivity contribution in [2.75, 3.05) is 19.3 Å². The molecule has 0 heterocycles. The third kappa shape index (κ3) is 6.92. The summed E-state index contributed by atoms with van der Waals surface area (Å²) in [5.41, 5.74) is 1.39. The van der Waals surface area contributed by atoms with Gasteiger partial charge in [0.1, 0.15) is 5.82 Å². The summed E-state index contributed by atoms with van der Waals surface area (Å²) in [6, 6.07) is 5.03. The first-order chi connectivity index (χ1) is 10.6. The lowest BCUT2D eigenvalue weighted by atomic mass is 10.1. The maximum atomic E-state index is 13.5. The van der Waals surface area contributed by atoms with Crippen LogP contribution in [-0.4, -0.2) is 38.5 Å². The standard InChI is InChI=1S/C16H26FN3O2S.HI/c1-12-6-7-13(10-14(12)17)11-20-15(18-5)19-8-9-23(21,22)16(2,3)4;/h6-7,10H,8-9,11H2,1-5H3,(H2,18,19,20);1H.